The molecular weight excluding hydrogens is 342 g/mol. The lowest BCUT2D eigenvalue weighted by Crippen LogP contribution is -2.22. The van der Waals surface area contributed by atoms with Crippen molar-refractivity contribution in [2.45, 2.75) is 19.4 Å². The van der Waals surface area contributed by atoms with Crippen LogP contribution in [0.1, 0.15) is 34.3 Å². The fourth-order valence-corrected chi connectivity index (χ4v) is 3.43. The van der Waals surface area contributed by atoms with E-state index in [1.807, 2.05) is 48.9 Å². The van der Waals surface area contributed by atoms with Gasteiger partial charge in [-0.15, -0.1) is 0 Å². The Morgan fingerprint density at radius 1 is 1.30 bits per heavy atom. The summed E-state index contributed by atoms with van der Waals surface area (Å²) in [5, 5.41) is 0. The highest BCUT2D eigenvalue weighted by molar-refractivity contribution is 5.99. The van der Waals surface area contributed by atoms with Crippen LogP contribution in [0.4, 0.5) is 0 Å². The van der Waals surface area contributed by atoms with E-state index in [4.69, 9.17) is 9.47 Å². The van der Waals surface area contributed by atoms with Crippen LogP contribution in [0.5, 0.6) is 11.5 Å². The van der Waals surface area contributed by atoms with E-state index in [9.17, 15) is 4.79 Å². The summed E-state index contributed by atoms with van der Waals surface area (Å²) < 4.78 is 14.1. The van der Waals surface area contributed by atoms with Crippen molar-refractivity contribution >= 4 is 16.9 Å². The SMILES string of the molecule is Cc1nc2c(OC3CCOc4ccccc43)cc(C(=O)N(C)C)cc2n1C. The van der Waals surface area contributed by atoms with Crippen LogP contribution in [-0.4, -0.2) is 41.1 Å². The maximum absolute atomic E-state index is 12.6. The molecule has 1 aromatic heterocycles. The molecule has 1 aliphatic rings. The van der Waals surface area contributed by atoms with E-state index in [0.717, 1.165) is 34.6 Å². The number of imidazole rings is 1. The minimum absolute atomic E-state index is 0.0621. The molecule has 4 rings (SSSR count). The zero-order chi connectivity index (χ0) is 19.1. The van der Waals surface area contributed by atoms with Crippen LogP contribution in [0, 0.1) is 6.92 Å². The van der Waals surface area contributed by atoms with Gasteiger partial charge in [-0.25, -0.2) is 4.98 Å². The highest BCUT2D eigenvalue weighted by atomic mass is 16.5. The summed E-state index contributed by atoms with van der Waals surface area (Å²) in [5.74, 6) is 2.29. The molecule has 0 spiro atoms. The van der Waals surface area contributed by atoms with Crippen molar-refractivity contribution in [1.29, 1.82) is 0 Å². The third-order valence-corrected chi connectivity index (χ3v) is 5.00. The van der Waals surface area contributed by atoms with Crippen LogP contribution in [0.15, 0.2) is 36.4 Å². The lowest BCUT2D eigenvalue weighted by atomic mass is 10.0. The number of hydrogen-bond acceptors (Lipinski definition) is 4. The normalized spacial score (nSPS) is 15.9. The number of fused-ring (bicyclic) bond motifs is 2. The minimum atomic E-state index is -0.134. The van der Waals surface area contributed by atoms with Crippen LogP contribution >= 0.6 is 0 Å². The molecule has 6 heteroatoms. The molecule has 0 fully saturated rings. The topological polar surface area (TPSA) is 56.6 Å². The number of rotatable bonds is 3. The van der Waals surface area contributed by atoms with E-state index in [-0.39, 0.29) is 12.0 Å². The van der Waals surface area contributed by atoms with Crippen molar-refractivity contribution in [3.05, 3.63) is 53.3 Å². The quantitative estimate of drug-likeness (QED) is 0.713. The van der Waals surface area contributed by atoms with Gasteiger partial charge in [0.2, 0.25) is 0 Å². The molecule has 1 atom stereocenters. The number of hydrogen-bond donors (Lipinski definition) is 0. The predicted octanol–water partition coefficient (Wildman–Crippen LogP) is 3.49. The Morgan fingerprint density at radius 3 is 2.85 bits per heavy atom. The maximum atomic E-state index is 12.6. The summed E-state index contributed by atoms with van der Waals surface area (Å²) in [6.07, 6.45) is 0.612. The van der Waals surface area contributed by atoms with Gasteiger partial charge in [-0.3, -0.25) is 4.79 Å². The summed E-state index contributed by atoms with van der Waals surface area (Å²) in [5.41, 5.74) is 3.27. The Morgan fingerprint density at radius 2 is 2.07 bits per heavy atom. The summed E-state index contributed by atoms with van der Waals surface area (Å²) >= 11 is 0. The van der Waals surface area contributed by atoms with Crippen LogP contribution < -0.4 is 9.47 Å². The van der Waals surface area contributed by atoms with E-state index in [0.29, 0.717) is 17.9 Å². The van der Waals surface area contributed by atoms with Gasteiger partial charge in [-0.2, -0.15) is 0 Å². The highest BCUT2D eigenvalue weighted by Gasteiger charge is 2.25. The second-order valence-electron chi connectivity index (χ2n) is 7.04. The van der Waals surface area contributed by atoms with E-state index < -0.39 is 0 Å². The molecule has 0 saturated heterocycles. The first-order valence-corrected chi connectivity index (χ1v) is 9.03. The summed E-state index contributed by atoms with van der Waals surface area (Å²) in [7, 11) is 5.44. The number of aromatic nitrogens is 2. The summed E-state index contributed by atoms with van der Waals surface area (Å²) in [6, 6.07) is 11.6. The standard InChI is InChI=1S/C21H23N3O3/c1-13-22-20-16(24(13)4)11-14(21(25)23(2)3)12-19(20)27-18-9-10-26-17-8-6-5-7-15(17)18/h5-8,11-12,18H,9-10H2,1-4H3. The Kier molecular flexibility index (Phi) is 4.26. The molecule has 0 aliphatic carbocycles. The number of benzene rings is 2. The molecule has 0 bridgehead atoms. The van der Waals surface area contributed by atoms with Crippen molar-refractivity contribution in [2.24, 2.45) is 7.05 Å². The van der Waals surface area contributed by atoms with Crippen molar-refractivity contribution < 1.29 is 14.3 Å². The number of nitrogens with zero attached hydrogens (tertiary/aromatic N) is 3. The Labute approximate surface area is 158 Å². The summed E-state index contributed by atoms with van der Waals surface area (Å²) in [6.45, 7) is 2.54. The van der Waals surface area contributed by atoms with Crippen molar-refractivity contribution in [3.8, 4) is 11.5 Å². The molecule has 2 heterocycles. The first kappa shape index (κ1) is 17.4. The first-order chi connectivity index (χ1) is 13.0. The maximum Gasteiger partial charge on any atom is 0.253 e. The van der Waals surface area contributed by atoms with Crippen LogP contribution in [-0.2, 0) is 7.05 Å². The van der Waals surface area contributed by atoms with Gasteiger partial charge in [-0.05, 0) is 25.1 Å². The monoisotopic (exact) mass is 365 g/mol. The van der Waals surface area contributed by atoms with Gasteiger partial charge in [0, 0.05) is 38.7 Å². The zero-order valence-electron chi connectivity index (χ0n) is 16.0. The number of carbonyl (C=O) groups excluding carboxylic acids is 1. The molecule has 1 unspecified atom stereocenters. The smallest absolute Gasteiger partial charge is 0.253 e. The Balaban J connectivity index is 1.81. The van der Waals surface area contributed by atoms with Crippen LogP contribution in [0.3, 0.4) is 0 Å². The molecule has 1 amide bonds. The fraction of sp³-hybridized carbons (Fsp3) is 0.333. The predicted molar refractivity (Wildman–Crippen MR) is 103 cm³/mol. The number of ether oxygens (including phenoxy) is 2. The van der Waals surface area contributed by atoms with Gasteiger partial charge in [0.05, 0.1) is 12.1 Å². The van der Waals surface area contributed by atoms with Gasteiger partial charge in [-0.1, -0.05) is 18.2 Å². The number of amides is 1. The van der Waals surface area contributed by atoms with Gasteiger partial charge in [0.15, 0.2) is 0 Å². The van der Waals surface area contributed by atoms with Crippen molar-refractivity contribution in [3.63, 3.8) is 0 Å². The van der Waals surface area contributed by atoms with Gasteiger partial charge in [0.1, 0.15) is 28.9 Å². The molecule has 0 saturated carbocycles. The molecule has 3 aromatic rings. The summed E-state index contributed by atoms with van der Waals surface area (Å²) in [4.78, 5) is 18.8. The molecular formula is C21H23N3O3. The van der Waals surface area contributed by atoms with Crippen molar-refractivity contribution in [2.75, 3.05) is 20.7 Å². The van der Waals surface area contributed by atoms with E-state index in [1.54, 1.807) is 25.1 Å². The van der Waals surface area contributed by atoms with E-state index >= 15 is 0 Å². The minimum Gasteiger partial charge on any atom is -0.493 e. The molecule has 2 aromatic carbocycles. The number of aryl methyl sites for hydroxylation is 2. The molecule has 27 heavy (non-hydrogen) atoms. The van der Waals surface area contributed by atoms with E-state index in [2.05, 4.69) is 4.98 Å². The average molecular weight is 365 g/mol. The molecule has 140 valence electrons. The number of carbonyl (C=O) groups is 1. The highest BCUT2D eigenvalue weighted by Crippen LogP contribution is 2.37. The van der Waals surface area contributed by atoms with Crippen molar-refractivity contribution in [1.82, 2.24) is 14.5 Å². The van der Waals surface area contributed by atoms with Crippen LogP contribution in [0.25, 0.3) is 11.0 Å². The Hall–Kier alpha value is -3.02. The molecule has 0 radical (unpaired) electrons. The third-order valence-electron chi connectivity index (χ3n) is 5.00. The molecule has 6 nitrogen and oxygen atoms in total. The largest absolute Gasteiger partial charge is 0.493 e. The lowest BCUT2D eigenvalue weighted by molar-refractivity contribution is 0.0826. The number of para-hydroxylation sites is 1. The van der Waals surface area contributed by atoms with Gasteiger partial charge < -0.3 is 18.9 Å². The van der Waals surface area contributed by atoms with Gasteiger partial charge >= 0.3 is 0 Å². The second kappa shape index (κ2) is 6.61. The van der Waals surface area contributed by atoms with E-state index in [1.165, 1.54) is 0 Å². The Bertz CT molecular complexity index is 1020. The van der Waals surface area contributed by atoms with Gasteiger partial charge in [0.25, 0.3) is 5.91 Å². The third kappa shape index (κ3) is 3.01. The molecule has 1 aliphatic heterocycles. The lowest BCUT2D eigenvalue weighted by Gasteiger charge is -2.27. The molecule has 0 N–H and O–H groups in total. The first-order valence-electron chi connectivity index (χ1n) is 9.03. The fourth-order valence-electron chi connectivity index (χ4n) is 3.43. The average Bonchev–Trinajstić information content (AvgIpc) is 2.96. The van der Waals surface area contributed by atoms with Crippen LogP contribution in [0.2, 0.25) is 0 Å². The second-order valence-corrected chi connectivity index (χ2v) is 7.04. The zero-order valence-corrected chi connectivity index (χ0v) is 16.0.